The molecule has 3 aromatic heterocycles. The number of fused-ring (bicyclic) bond motifs is 3. The molecule has 0 bridgehead atoms. The molecular weight excluding hydrogens is 454 g/mol. The molecule has 0 saturated carbocycles. The molecule has 4 heterocycles. The van der Waals surface area contributed by atoms with Gasteiger partial charge in [0.25, 0.3) is 0 Å². The summed E-state index contributed by atoms with van der Waals surface area (Å²) in [7, 11) is 0. The predicted molar refractivity (Wildman–Crippen MR) is 149 cm³/mol. The molecule has 1 aliphatic heterocycles. The SMILES string of the molecule is C1=NCCc2c1n(-c1ccc(-c3cc(-c4ccccc4)nc(-c4ccccc4)n3)cn1)c1ccccc21. The number of aromatic nitrogens is 4. The molecule has 5 nitrogen and oxygen atoms in total. The lowest BCUT2D eigenvalue weighted by molar-refractivity contribution is 0.930. The van der Waals surface area contributed by atoms with Crippen LogP contribution in [0.4, 0.5) is 0 Å². The van der Waals surface area contributed by atoms with Crippen LogP contribution in [-0.4, -0.2) is 32.3 Å². The van der Waals surface area contributed by atoms with E-state index < -0.39 is 0 Å². The van der Waals surface area contributed by atoms with Crippen LogP contribution in [0.2, 0.25) is 0 Å². The second-order valence-corrected chi connectivity index (χ2v) is 9.10. The molecule has 1 aliphatic rings. The number of hydrogen-bond donors (Lipinski definition) is 0. The number of pyridine rings is 1. The number of rotatable bonds is 4. The van der Waals surface area contributed by atoms with E-state index in [2.05, 4.69) is 58.1 Å². The standard InChI is InChI=1S/C32H23N5/c1-3-9-22(10-4-1)27-19-28(36-32(35-27)23-11-5-2-6-12-23)24-15-16-31(34-20-24)37-29-14-8-7-13-25(29)26-17-18-33-21-30(26)37/h1-16,19-21H,17-18H2. The summed E-state index contributed by atoms with van der Waals surface area (Å²) in [4.78, 5) is 19.3. The molecule has 0 spiro atoms. The Labute approximate surface area is 214 Å². The Morgan fingerprint density at radius 3 is 2.11 bits per heavy atom. The van der Waals surface area contributed by atoms with Crippen molar-refractivity contribution in [3.8, 4) is 39.7 Å². The van der Waals surface area contributed by atoms with Crippen LogP contribution in [0.5, 0.6) is 0 Å². The monoisotopic (exact) mass is 477 g/mol. The first-order valence-corrected chi connectivity index (χ1v) is 12.4. The number of benzene rings is 3. The van der Waals surface area contributed by atoms with E-state index in [0.29, 0.717) is 5.82 Å². The third-order valence-electron chi connectivity index (χ3n) is 6.83. The minimum absolute atomic E-state index is 0.697. The summed E-state index contributed by atoms with van der Waals surface area (Å²) in [5.41, 5.74) is 8.32. The van der Waals surface area contributed by atoms with Crippen molar-refractivity contribution in [2.45, 2.75) is 6.42 Å². The molecule has 0 atom stereocenters. The fourth-order valence-electron chi connectivity index (χ4n) is 5.04. The Kier molecular flexibility index (Phi) is 5.18. The summed E-state index contributed by atoms with van der Waals surface area (Å²) >= 11 is 0. The molecule has 0 fully saturated rings. The Morgan fingerprint density at radius 1 is 0.649 bits per heavy atom. The number of hydrogen-bond acceptors (Lipinski definition) is 4. The number of para-hydroxylation sites is 1. The Hall–Kier alpha value is -4.90. The second-order valence-electron chi connectivity index (χ2n) is 9.10. The van der Waals surface area contributed by atoms with Crippen molar-refractivity contribution < 1.29 is 0 Å². The summed E-state index contributed by atoms with van der Waals surface area (Å²) in [5.74, 6) is 1.57. The van der Waals surface area contributed by atoms with E-state index in [1.54, 1.807) is 0 Å². The van der Waals surface area contributed by atoms with Gasteiger partial charge >= 0.3 is 0 Å². The normalized spacial score (nSPS) is 12.5. The quantitative estimate of drug-likeness (QED) is 0.281. The van der Waals surface area contributed by atoms with Crippen molar-refractivity contribution >= 4 is 17.1 Å². The van der Waals surface area contributed by atoms with Gasteiger partial charge in [-0.2, -0.15) is 0 Å². The van der Waals surface area contributed by atoms with Crippen molar-refractivity contribution in [3.05, 3.63) is 121 Å². The van der Waals surface area contributed by atoms with Gasteiger partial charge in [-0.3, -0.25) is 9.56 Å². The average Bonchev–Trinajstić information content (AvgIpc) is 3.32. The largest absolute Gasteiger partial charge is 0.293 e. The molecule has 3 aromatic carbocycles. The van der Waals surface area contributed by atoms with Gasteiger partial charge in [-0.1, -0.05) is 78.9 Å². The van der Waals surface area contributed by atoms with Gasteiger partial charge in [-0.05, 0) is 36.2 Å². The lowest BCUT2D eigenvalue weighted by atomic mass is 10.1. The van der Waals surface area contributed by atoms with Gasteiger partial charge in [-0.15, -0.1) is 0 Å². The summed E-state index contributed by atoms with van der Waals surface area (Å²) in [6, 6.07) is 35.0. The van der Waals surface area contributed by atoms with Crippen LogP contribution in [0.25, 0.3) is 50.6 Å². The highest BCUT2D eigenvalue weighted by atomic mass is 15.1. The third-order valence-corrected chi connectivity index (χ3v) is 6.83. The average molecular weight is 478 g/mol. The Morgan fingerprint density at radius 2 is 1.35 bits per heavy atom. The topological polar surface area (TPSA) is 56.0 Å². The van der Waals surface area contributed by atoms with Gasteiger partial charge in [-0.25, -0.2) is 15.0 Å². The highest BCUT2D eigenvalue weighted by Crippen LogP contribution is 2.31. The first kappa shape index (κ1) is 21.4. The molecule has 176 valence electrons. The highest BCUT2D eigenvalue weighted by molar-refractivity contribution is 5.97. The minimum atomic E-state index is 0.697. The molecular formula is C32H23N5. The van der Waals surface area contributed by atoms with Gasteiger partial charge in [0, 0.05) is 41.0 Å². The molecule has 7 rings (SSSR count). The zero-order chi connectivity index (χ0) is 24.6. The van der Waals surface area contributed by atoms with Crippen LogP contribution < -0.4 is 0 Å². The zero-order valence-corrected chi connectivity index (χ0v) is 20.1. The van der Waals surface area contributed by atoms with Gasteiger partial charge < -0.3 is 0 Å². The Balaban J connectivity index is 1.35. The number of aliphatic imine (C=N–C) groups is 1. The van der Waals surface area contributed by atoms with Gasteiger partial charge in [0.2, 0.25) is 0 Å². The maximum Gasteiger partial charge on any atom is 0.160 e. The first-order valence-electron chi connectivity index (χ1n) is 12.4. The molecule has 37 heavy (non-hydrogen) atoms. The van der Waals surface area contributed by atoms with E-state index in [9.17, 15) is 0 Å². The predicted octanol–water partition coefficient (Wildman–Crippen LogP) is 6.79. The van der Waals surface area contributed by atoms with Crippen molar-refractivity contribution in [1.82, 2.24) is 19.5 Å². The summed E-state index contributed by atoms with van der Waals surface area (Å²) in [6.07, 6.45) is 4.84. The van der Waals surface area contributed by atoms with Crippen LogP contribution in [0.15, 0.2) is 114 Å². The molecule has 0 unspecified atom stereocenters. The fraction of sp³-hybridized carbons (Fsp3) is 0.0625. The van der Waals surface area contributed by atoms with E-state index in [1.807, 2.05) is 67.0 Å². The maximum absolute atomic E-state index is 4.93. The van der Waals surface area contributed by atoms with Crippen molar-refractivity contribution in [2.24, 2.45) is 4.99 Å². The minimum Gasteiger partial charge on any atom is -0.293 e. The van der Waals surface area contributed by atoms with E-state index in [4.69, 9.17) is 15.0 Å². The molecule has 5 heteroatoms. The van der Waals surface area contributed by atoms with E-state index >= 15 is 0 Å². The van der Waals surface area contributed by atoms with Gasteiger partial charge in [0.1, 0.15) is 5.82 Å². The maximum atomic E-state index is 4.93. The molecule has 0 aliphatic carbocycles. The van der Waals surface area contributed by atoms with Crippen molar-refractivity contribution in [2.75, 3.05) is 6.54 Å². The highest BCUT2D eigenvalue weighted by Gasteiger charge is 2.19. The number of nitrogens with zero attached hydrogens (tertiary/aromatic N) is 5. The van der Waals surface area contributed by atoms with E-state index in [1.165, 1.54) is 10.9 Å². The lowest BCUT2D eigenvalue weighted by Crippen LogP contribution is -2.07. The Bertz CT molecular complexity index is 1690. The molecule has 0 saturated heterocycles. The third kappa shape index (κ3) is 3.81. The first-order chi connectivity index (χ1) is 18.3. The van der Waals surface area contributed by atoms with Crippen molar-refractivity contribution in [3.63, 3.8) is 0 Å². The summed E-state index contributed by atoms with van der Waals surface area (Å²) in [5, 5.41) is 1.27. The fourth-order valence-corrected chi connectivity index (χ4v) is 5.04. The van der Waals surface area contributed by atoms with Gasteiger partial charge in [0.15, 0.2) is 5.82 Å². The summed E-state index contributed by atoms with van der Waals surface area (Å²) in [6.45, 7) is 0.828. The van der Waals surface area contributed by atoms with Crippen LogP contribution in [0.1, 0.15) is 11.3 Å². The van der Waals surface area contributed by atoms with Crippen LogP contribution in [0, 0.1) is 0 Å². The molecule has 0 amide bonds. The van der Waals surface area contributed by atoms with E-state index in [0.717, 1.165) is 58.1 Å². The lowest BCUT2D eigenvalue weighted by Gasteiger charge is -2.12. The van der Waals surface area contributed by atoms with E-state index in [-0.39, 0.29) is 0 Å². The van der Waals surface area contributed by atoms with Crippen LogP contribution >= 0.6 is 0 Å². The molecule has 6 aromatic rings. The van der Waals surface area contributed by atoms with Crippen LogP contribution in [0.3, 0.4) is 0 Å². The zero-order valence-electron chi connectivity index (χ0n) is 20.1. The molecule has 0 N–H and O–H groups in total. The van der Waals surface area contributed by atoms with Crippen molar-refractivity contribution in [1.29, 1.82) is 0 Å². The van der Waals surface area contributed by atoms with Gasteiger partial charge in [0.05, 0.1) is 22.6 Å². The second kappa shape index (κ2) is 8.95. The summed E-state index contributed by atoms with van der Waals surface area (Å²) < 4.78 is 2.21. The van der Waals surface area contributed by atoms with Crippen LogP contribution in [-0.2, 0) is 6.42 Å². The smallest absolute Gasteiger partial charge is 0.160 e. The molecule has 0 radical (unpaired) electrons.